The average molecular weight is 464 g/mol. The van der Waals surface area contributed by atoms with E-state index in [1.807, 2.05) is 11.0 Å². The molecule has 1 fully saturated rings. The third-order valence-electron chi connectivity index (χ3n) is 5.97. The number of carbonyl (C=O) groups excluding carboxylic acids is 1. The number of ether oxygens (including phenoxy) is 3. The molecule has 0 unspecified atom stereocenters. The Morgan fingerprint density at radius 1 is 1.00 bits per heavy atom. The van der Waals surface area contributed by atoms with Crippen molar-refractivity contribution in [3.8, 4) is 17.4 Å². The number of carbonyl (C=O) groups is 1. The quantitative estimate of drug-likeness (QED) is 0.572. The molecule has 0 atom stereocenters. The van der Waals surface area contributed by atoms with E-state index in [0.29, 0.717) is 62.1 Å². The van der Waals surface area contributed by atoms with Crippen molar-refractivity contribution in [1.82, 2.24) is 14.9 Å². The molecular weight excluding hydrogens is 439 g/mol. The first-order chi connectivity index (χ1) is 16.6. The Hall–Kier alpha value is -3.72. The Bertz CT molecular complexity index is 1200. The number of hydrogen-bond acceptors (Lipinski definition) is 7. The van der Waals surface area contributed by atoms with Gasteiger partial charge in [0.05, 0.1) is 43.7 Å². The van der Waals surface area contributed by atoms with Gasteiger partial charge in [0.25, 0.3) is 5.91 Å². The highest BCUT2D eigenvalue weighted by Crippen LogP contribution is 2.33. The molecule has 2 aliphatic rings. The maximum Gasteiger partial charge on any atom is 0.257 e. The van der Waals surface area contributed by atoms with E-state index in [4.69, 9.17) is 19.2 Å². The molecule has 2 aliphatic heterocycles. The molecular formula is C25H25FN4O4. The zero-order chi connectivity index (χ0) is 23.5. The van der Waals surface area contributed by atoms with Crippen molar-refractivity contribution in [2.45, 2.75) is 13.0 Å². The molecule has 0 radical (unpaired) electrons. The number of methoxy groups -OCH3 is 1. The predicted octanol–water partition coefficient (Wildman–Crippen LogP) is 3.45. The third kappa shape index (κ3) is 4.38. The van der Waals surface area contributed by atoms with Gasteiger partial charge in [-0.1, -0.05) is 24.3 Å². The molecule has 1 amide bonds. The van der Waals surface area contributed by atoms with Crippen LogP contribution >= 0.6 is 0 Å². The van der Waals surface area contributed by atoms with Gasteiger partial charge in [-0.2, -0.15) is 4.98 Å². The molecule has 5 rings (SSSR count). The number of nitrogens with zero attached hydrogens (tertiary/aromatic N) is 4. The zero-order valence-electron chi connectivity index (χ0n) is 18.9. The summed E-state index contributed by atoms with van der Waals surface area (Å²) in [7, 11) is 1.54. The van der Waals surface area contributed by atoms with E-state index in [9.17, 15) is 9.18 Å². The number of amides is 1. The van der Waals surface area contributed by atoms with Gasteiger partial charge in [0.2, 0.25) is 11.8 Å². The first kappa shape index (κ1) is 22.1. The van der Waals surface area contributed by atoms with E-state index in [1.54, 1.807) is 48.4 Å². The van der Waals surface area contributed by atoms with E-state index in [0.717, 1.165) is 5.69 Å². The maximum atomic E-state index is 14.4. The molecule has 0 bridgehead atoms. The van der Waals surface area contributed by atoms with Crippen LogP contribution in [0.15, 0.2) is 48.5 Å². The Balaban J connectivity index is 1.50. The second-order valence-corrected chi connectivity index (χ2v) is 8.06. The summed E-state index contributed by atoms with van der Waals surface area (Å²) < 4.78 is 31.2. The lowest BCUT2D eigenvalue weighted by atomic mass is 10.0. The number of fused-ring (bicyclic) bond motifs is 1. The number of rotatable bonds is 5. The number of benzene rings is 2. The highest BCUT2D eigenvalue weighted by Gasteiger charge is 2.30. The molecule has 176 valence electrons. The first-order valence-electron chi connectivity index (χ1n) is 11.2. The second kappa shape index (κ2) is 9.64. The second-order valence-electron chi connectivity index (χ2n) is 8.06. The van der Waals surface area contributed by atoms with Crippen LogP contribution in [0.3, 0.4) is 0 Å². The van der Waals surface area contributed by atoms with Crippen molar-refractivity contribution in [3.05, 3.63) is 71.2 Å². The molecule has 0 spiro atoms. The molecule has 2 aromatic carbocycles. The molecule has 1 aromatic heterocycles. The van der Waals surface area contributed by atoms with E-state index in [1.165, 1.54) is 6.07 Å². The molecule has 0 saturated carbocycles. The molecule has 1 saturated heterocycles. The van der Waals surface area contributed by atoms with Gasteiger partial charge in [-0.15, -0.1) is 0 Å². The van der Waals surface area contributed by atoms with E-state index >= 15 is 0 Å². The summed E-state index contributed by atoms with van der Waals surface area (Å²) in [6.45, 7) is 3.24. The van der Waals surface area contributed by atoms with Crippen LogP contribution in [0.5, 0.6) is 17.4 Å². The molecule has 0 aliphatic carbocycles. The Labute approximate surface area is 196 Å². The normalized spacial score (nSPS) is 15.6. The highest BCUT2D eigenvalue weighted by molar-refractivity contribution is 5.97. The fourth-order valence-electron chi connectivity index (χ4n) is 4.16. The minimum Gasteiger partial charge on any atom is -0.496 e. The van der Waals surface area contributed by atoms with Crippen molar-refractivity contribution in [2.24, 2.45) is 0 Å². The van der Waals surface area contributed by atoms with Crippen LogP contribution in [-0.2, 0) is 17.7 Å². The van der Waals surface area contributed by atoms with Crippen LogP contribution in [0.2, 0.25) is 0 Å². The summed E-state index contributed by atoms with van der Waals surface area (Å²) in [5, 5.41) is 0. The van der Waals surface area contributed by atoms with Crippen molar-refractivity contribution < 1.29 is 23.4 Å². The predicted molar refractivity (Wildman–Crippen MR) is 123 cm³/mol. The van der Waals surface area contributed by atoms with Crippen LogP contribution in [0.4, 0.5) is 10.3 Å². The molecule has 3 heterocycles. The molecule has 34 heavy (non-hydrogen) atoms. The topological polar surface area (TPSA) is 77.0 Å². The van der Waals surface area contributed by atoms with E-state index < -0.39 is 5.82 Å². The van der Waals surface area contributed by atoms with Gasteiger partial charge in [-0.3, -0.25) is 4.79 Å². The smallest absolute Gasteiger partial charge is 0.257 e. The molecule has 9 heteroatoms. The lowest BCUT2D eigenvalue weighted by Gasteiger charge is -2.32. The van der Waals surface area contributed by atoms with Crippen LogP contribution in [-0.4, -0.2) is 60.7 Å². The summed E-state index contributed by atoms with van der Waals surface area (Å²) in [4.78, 5) is 26.5. The SMILES string of the molecule is COc1ccccc1C(=O)N1CCc2nc(N3CCOCC3)nc(Oc3ccccc3F)c2C1. The summed E-state index contributed by atoms with van der Waals surface area (Å²) in [5.41, 5.74) is 1.96. The number of hydrogen-bond donors (Lipinski definition) is 0. The van der Waals surface area contributed by atoms with Gasteiger partial charge in [0.15, 0.2) is 11.6 Å². The lowest BCUT2D eigenvalue weighted by Crippen LogP contribution is -2.39. The minimum atomic E-state index is -0.486. The van der Waals surface area contributed by atoms with E-state index in [2.05, 4.69) is 4.98 Å². The van der Waals surface area contributed by atoms with Gasteiger partial charge in [0, 0.05) is 26.1 Å². The Morgan fingerprint density at radius 3 is 2.50 bits per heavy atom. The summed E-state index contributed by atoms with van der Waals surface area (Å²) in [6.07, 6.45) is 0.531. The Kier molecular flexibility index (Phi) is 6.27. The Morgan fingerprint density at radius 2 is 1.74 bits per heavy atom. The number of halogens is 1. The van der Waals surface area contributed by atoms with Crippen LogP contribution < -0.4 is 14.4 Å². The minimum absolute atomic E-state index is 0.0736. The van der Waals surface area contributed by atoms with Gasteiger partial charge in [-0.25, -0.2) is 9.37 Å². The fraction of sp³-hybridized carbons (Fsp3) is 0.320. The molecule has 0 N–H and O–H groups in total. The van der Waals surface area contributed by atoms with Crippen LogP contribution in [0.25, 0.3) is 0 Å². The van der Waals surface area contributed by atoms with Crippen molar-refractivity contribution in [2.75, 3.05) is 44.9 Å². The largest absolute Gasteiger partial charge is 0.496 e. The van der Waals surface area contributed by atoms with Crippen molar-refractivity contribution in [1.29, 1.82) is 0 Å². The van der Waals surface area contributed by atoms with Crippen LogP contribution in [0, 0.1) is 5.82 Å². The van der Waals surface area contributed by atoms with Gasteiger partial charge in [-0.05, 0) is 24.3 Å². The standard InChI is InChI=1S/C25H25FN4O4/c1-32-21-8-4-2-6-17(21)24(31)30-11-10-20-18(16-30)23(34-22-9-5-3-7-19(22)26)28-25(27-20)29-12-14-33-15-13-29/h2-9H,10-16H2,1H3. The van der Waals surface area contributed by atoms with Gasteiger partial charge < -0.3 is 24.0 Å². The summed E-state index contributed by atoms with van der Waals surface area (Å²) in [5.74, 6) is 0.731. The summed E-state index contributed by atoms with van der Waals surface area (Å²) in [6, 6.07) is 13.3. The van der Waals surface area contributed by atoms with Crippen molar-refractivity contribution in [3.63, 3.8) is 0 Å². The maximum absolute atomic E-state index is 14.4. The average Bonchev–Trinajstić information content (AvgIpc) is 2.89. The van der Waals surface area contributed by atoms with E-state index in [-0.39, 0.29) is 24.1 Å². The first-order valence-corrected chi connectivity index (χ1v) is 11.2. The number of morpholine rings is 1. The lowest BCUT2D eigenvalue weighted by molar-refractivity contribution is 0.0728. The number of para-hydroxylation sites is 2. The van der Waals surface area contributed by atoms with Crippen molar-refractivity contribution >= 4 is 11.9 Å². The third-order valence-corrected chi connectivity index (χ3v) is 5.97. The van der Waals surface area contributed by atoms with Crippen LogP contribution in [0.1, 0.15) is 21.6 Å². The number of aromatic nitrogens is 2. The molecule has 8 nitrogen and oxygen atoms in total. The monoisotopic (exact) mass is 464 g/mol. The summed E-state index contributed by atoms with van der Waals surface area (Å²) >= 11 is 0. The number of anilines is 1. The molecule has 3 aromatic rings. The zero-order valence-corrected chi connectivity index (χ0v) is 18.9. The van der Waals surface area contributed by atoms with Gasteiger partial charge >= 0.3 is 0 Å². The van der Waals surface area contributed by atoms with Gasteiger partial charge in [0.1, 0.15) is 5.75 Å². The fourth-order valence-corrected chi connectivity index (χ4v) is 4.16. The highest BCUT2D eigenvalue weighted by atomic mass is 19.1.